The van der Waals surface area contributed by atoms with Crippen LogP contribution < -0.4 is 5.73 Å². The largest absolute Gasteiger partial charge is 0.396 e. The van der Waals surface area contributed by atoms with E-state index in [1.165, 1.54) is 0 Å². The van der Waals surface area contributed by atoms with Gasteiger partial charge in [0, 0.05) is 25.3 Å². The Morgan fingerprint density at radius 1 is 1.07 bits per heavy atom. The minimum atomic E-state index is -1.47. The summed E-state index contributed by atoms with van der Waals surface area (Å²) >= 11 is 0. The van der Waals surface area contributed by atoms with E-state index in [9.17, 15) is 0 Å². The molecule has 0 aliphatic heterocycles. The van der Waals surface area contributed by atoms with Crippen LogP contribution in [0, 0.1) is 0 Å². The summed E-state index contributed by atoms with van der Waals surface area (Å²) in [6, 6.07) is 1.19. The lowest BCUT2D eigenvalue weighted by Crippen LogP contribution is -2.32. The Labute approximate surface area is 89.8 Å². The number of nitrogens with two attached hydrogens (primary N) is 1. The van der Waals surface area contributed by atoms with Gasteiger partial charge in [0.1, 0.15) is 0 Å². The van der Waals surface area contributed by atoms with Gasteiger partial charge in [-0.2, -0.15) is 0 Å². The zero-order valence-corrected chi connectivity index (χ0v) is 10.9. The van der Waals surface area contributed by atoms with E-state index < -0.39 is 9.28 Å². The van der Waals surface area contributed by atoms with Crippen LogP contribution >= 0.6 is 0 Å². The highest BCUT2D eigenvalue weighted by Gasteiger charge is 2.16. The molecule has 0 fully saturated rings. The topological polar surface area (TPSA) is 44.5 Å². The van der Waals surface area contributed by atoms with Crippen LogP contribution in [0.4, 0.5) is 0 Å². The fourth-order valence-corrected chi connectivity index (χ4v) is 3.29. The van der Waals surface area contributed by atoms with Crippen molar-refractivity contribution in [2.24, 2.45) is 5.73 Å². The van der Waals surface area contributed by atoms with Gasteiger partial charge >= 0.3 is 9.28 Å². The van der Waals surface area contributed by atoms with Crippen molar-refractivity contribution in [3.05, 3.63) is 0 Å². The van der Waals surface area contributed by atoms with E-state index in [4.69, 9.17) is 14.6 Å². The molecule has 3 nitrogen and oxygen atoms in total. The fraction of sp³-hybridized carbons (Fsp3) is 1.00. The van der Waals surface area contributed by atoms with E-state index in [2.05, 4.69) is 20.8 Å². The third kappa shape index (κ3) is 7.50. The van der Waals surface area contributed by atoms with Gasteiger partial charge in [-0.15, -0.1) is 0 Å². The van der Waals surface area contributed by atoms with Crippen molar-refractivity contribution in [1.29, 1.82) is 0 Å². The van der Waals surface area contributed by atoms with Crippen molar-refractivity contribution in [2.45, 2.75) is 52.1 Å². The average Bonchev–Trinajstić information content (AvgIpc) is 2.21. The first kappa shape index (κ1) is 14.1. The van der Waals surface area contributed by atoms with Gasteiger partial charge in [0.2, 0.25) is 0 Å². The highest BCUT2D eigenvalue weighted by atomic mass is 28.3. The lowest BCUT2D eigenvalue weighted by Gasteiger charge is -2.18. The van der Waals surface area contributed by atoms with E-state index >= 15 is 0 Å². The number of hydrogen-bond acceptors (Lipinski definition) is 3. The van der Waals surface area contributed by atoms with E-state index in [1.54, 1.807) is 0 Å². The molecule has 86 valence electrons. The van der Waals surface area contributed by atoms with Crippen molar-refractivity contribution < 1.29 is 8.85 Å². The maximum Gasteiger partial charge on any atom is 0.322 e. The molecule has 0 rings (SSSR count). The summed E-state index contributed by atoms with van der Waals surface area (Å²) in [5.74, 6) is 0. The molecule has 0 aromatic rings. The summed E-state index contributed by atoms with van der Waals surface area (Å²) in [4.78, 5) is 0. The first-order chi connectivity index (χ1) is 6.74. The second kappa shape index (κ2) is 9.64. The minimum absolute atomic E-state index is 0.250. The molecule has 0 spiro atoms. The van der Waals surface area contributed by atoms with Crippen LogP contribution in [-0.4, -0.2) is 28.5 Å². The molecular weight excluding hydrogens is 194 g/mol. The molecule has 0 heterocycles. The molecule has 4 heteroatoms. The Morgan fingerprint density at radius 3 is 1.93 bits per heavy atom. The second-order valence-electron chi connectivity index (χ2n) is 3.58. The molecule has 0 aromatic heterocycles. The predicted molar refractivity (Wildman–Crippen MR) is 62.7 cm³/mol. The molecule has 0 saturated heterocycles. The van der Waals surface area contributed by atoms with Gasteiger partial charge in [-0.25, -0.2) is 0 Å². The second-order valence-corrected chi connectivity index (χ2v) is 5.57. The summed E-state index contributed by atoms with van der Waals surface area (Å²) in [6.07, 6.45) is 3.12. The summed E-state index contributed by atoms with van der Waals surface area (Å²) < 4.78 is 11.4. The maximum absolute atomic E-state index is 5.89. The zero-order valence-electron chi connectivity index (χ0n) is 9.79. The molecule has 0 bridgehead atoms. The Morgan fingerprint density at radius 2 is 1.57 bits per heavy atom. The minimum Gasteiger partial charge on any atom is -0.396 e. The Balaban J connectivity index is 3.71. The van der Waals surface area contributed by atoms with Crippen LogP contribution in [0.5, 0.6) is 0 Å². The molecular formula is C10H25NO2Si. The van der Waals surface area contributed by atoms with Crippen LogP contribution in [0.15, 0.2) is 0 Å². The van der Waals surface area contributed by atoms with E-state index in [0.29, 0.717) is 0 Å². The van der Waals surface area contributed by atoms with Gasteiger partial charge in [0.25, 0.3) is 0 Å². The Bertz CT molecular complexity index is 117. The predicted octanol–water partition coefficient (Wildman–Crippen LogP) is 1.80. The smallest absolute Gasteiger partial charge is 0.322 e. The Hall–Kier alpha value is 0.0969. The van der Waals surface area contributed by atoms with Crippen molar-refractivity contribution in [3.63, 3.8) is 0 Å². The molecule has 0 aliphatic rings. The average molecular weight is 219 g/mol. The highest BCUT2D eigenvalue weighted by Crippen LogP contribution is 2.04. The van der Waals surface area contributed by atoms with Crippen LogP contribution in [0.1, 0.15) is 40.0 Å². The lowest BCUT2D eigenvalue weighted by molar-refractivity contribution is 0.194. The van der Waals surface area contributed by atoms with Crippen molar-refractivity contribution in [3.8, 4) is 0 Å². The third-order valence-electron chi connectivity index (χ3n) is 2.04. The molecule has 0 aliphatic carbocycles. The molecule has 0 saturated carbocycles. The summed E-state index contributed by atoms with van der Waals surface area (Å²) in [5, 5.41) is 0. The standard InChI is InChI=1S/C10H25NO2Si/c1-4-7-12-14(13-8-5-2)9-10(11)6-3/h10,14H,4-9,11H2,1-3H3. The number of rotatable bonds is 9. The summed E-state index contributed by atoms with van der Waals surface area (Å²) in [5.41, 5.74) is 5.89. The van der Waals surface area contributed by atoms with Crippen LogP contribution in [-0.2, 0) is 8.85 Å². The van der Waals surface area contributed by atoms with Crippen molar-refractivity contribution in [2.75, 3.05) is 13.2 Å². The van der Waals surface area contributed by atoms with Gasteiger partial charge < -0.3 is 14.6 Å². The lowest BCUT2D eigenvalue weighted by atomic mass is 10.3. The third-order valence-corrected chi connectivity index (χ3v) is 4.24. The van der Waals surface area contributed by atoms with E-state index in [1.807, 2.05) is 0 Å². The normalized spacial score (nSPS) is 13.5. The zero-order chi connectivity index (χ0) is 10.8. The van der Waals surface area contributed by atoms with Gasteiger partial charge in [-0.05, 0) is 19.3 Å². The summed E-state index contributed by atoms with van der Waals surface area (Å²) in [7, 11) is -1.47. The highest BCUT2D eigenvalue weighted by molar-refractivity contribution is 6.44. The van der Waals surface area contributed by atoms with Crippen LogP contribution in [0.3, 0.4) is 0 Å². The van der Waals surface area contributed by atoms with Crippen LogP contribution in [0.25, 0.3) is 0 Å². The van der Waals surface area contributed by atoms with Gasteiger partial charge in [-0.1, -0.05) is 20.8 Å². The molecule has 1 unspecified atom stereocenters. The first-order valence-corrected chi connectivity index (χ1v) is 7.49. The van der Waals surface area contributed by atoms with Gasteiger partial charge in [0.15, 0.2) is 0 Å². The fourth-order valence-electron chi connectivity index (χ4n) is 1.10. The SMILES string of the molecule is CCCO[SiH](CC(N)CC)OCCC. The van der Waals surface area contributed by atoms with Crippen molar-refractivity contribution in [1.82, 2.24) is 0 Å². The Kier molecular flexibility index (Phi) is 9.71. The number of hydrogen-bond donors (Lipinski definition) is 1. The first-order valence-electron chi connectivity index (χ1n) is 5.73. The molecule has 1 atom stereocenters. The molecule has 0 amide bonds. The quantitative estimate of drug-likeness (QED) is 0.601. The molecule has 0 aromatic carbocycles. The monoisotopic (exact) mass is 219 g/mol. The molecule has 0 radical (unpaired) electrons. The van der Waals surface area contributed by atoms with Gasteiger partial charge in [-0.3, -0.25) is 0 Å². The maximum atomic E-state index is 5.89. The van der Waals surface area contributed by atoms with Crippen molar-refractivity contribution >= 4 is 9.28 Å². The van der Waals surface area contributed by atoms with E-state index in [0.717, 1.165) is 38.5 Å². The molecule has 2 N–H and O–H groups in total. The van der Waals surface area contributed by atoms with E-state index in [-0.39, 0.29) is 6.04 Å². The molecule has 14 heavy (non-hydrogen) atoms. The summed E-state index contributed by atoms with van der Waals surface area (Å²) in [6.45, 7) is 7.97. The van der Waals surface area contributed by atoms with Crippen LogP contribution in [0.2, 0.25) is 6.04 Å². The van der Waals surface area contributed by atoms with Gasteiger partial charge in [0.05, 0.1) is 0 Å².